The maximum atomic E-state index is 12.1. The quantitative estimate of drug-likeness (QED) is 0.887. The van der Waals surface area contributed by atoms with Gasteiger partial charge in [-0.3, -0.25) is 9.59 Å². The molecule has 5 nitrogen and oxygen atoms in total. The summed E-state index contributed by atoms with van der Waals surface area (Å²) in [5.41, 5.74) is -0.260. The number of rotatable bonds is 4. The highest BCUT2D eigenvalue weighted by Crippen LogP contribution is 2.48. The van der Waals surface area contributed by atoms with Gasteiger partial charge in [-0.05, 0) is 25.0 Å². The Labute approximate surface area is 134 Å². The van der Waals surface area contributed by atoms with Gasteiger partial charge >= 0.3 is 5.97 Å². The van der Waals surface area contributed by atoms with Gasteiger partial charge < -0.3 is 15.2 Å². The number of anilines is 1. The molecule has 0 atom stereocenters. The molecule has 1 saturated carbocycles. The van der Waals surface area contributed by atoms with E-state index in [9.17, 15) is 14.7 Å². The molecule has 1 aliphatic rings. The molecular formula is C16H20ClNO4. The normalized spacial score (nSPS) is 16.9. The minimum Gasteiger partial charge on any atom is -0.495 e. The van der Waals surface area contributed by atoms with Crippen molar-refractivity contribution in [1.29, 1.82) is 0 Å². The second kappa shape index (κ2) is 6.57. The SMILES string of the molecule is COc1ccc(Cl)c(C2(C(=O)O)CCCCC2)c1NC(C)=O. The summed E-state index contributed by atoms with van der Waals surface area (Å²) in [6.07, 6.45) is 3.65. The average Bonchev–Trinajstić information content (AvgIpc) is 2.47. The summed E-state index contributed by atoms with van der Waals surface area (Å²) in [7, 11) is 1.48. The van der Waals surface area contributed by atoms with E-state index in [-0.39, 0.29) is 5.91 Å². The van der Waals surface area contributed by atoms with Crippen LogP contribution in [0.2, 0.25) is 5.02 Å². The molecule has 0 aliphatic heterocycles. The molecule has 0 unspecified atom stereocenters. The maximum absolute atomic E-state index is 12.1. The number of hydrogen-bond acceptors (Lipinski definition) is 3. The number of methoxy groups -OCH3 is 1. The zero-order valence-electron chi connectivity index (χ0n) is 12.7. The lowest BCUT2D eigenvalue weighted by atomic mass is 9.68. The van der Waals surface area contributed by atoms with Gasteiger partial charge in [-0.25, -0.2) is 0 Å². The van der Waals surface area contributed by atoms with Crippen LogP contribution in [-0.4, -0.2) is 24.1 Å². The van der Waals surface area contributed by atoms with E-state index in [1.807, 2.05) is 0 Å². The molecule has 1 fully saturated rings. The number of nitrogens with one attached hydrogen (secondary N) is 1. The number of carbonyl (C=O) groups is 2. The van der Waals surface area contributed by atoms with Crippen LogP contribution >= 0.6 is 11.6 Å². The second-order valence-electron chi connectivity index (χ2n) is 5.63. The molecule has 2 rings (SSSR count). The number of halogens is 1. The first kappa shape index (κ1) is 16.6. The Kier molecular flexibility index (Phi) is 4.96. The molecule has 6 heteroatoms. The first-order valence-electron chi connectivity index (χ1n) is 7.30. The molecule has 0 saturated heterocycles. The minimum atomic E-state index is -1.08. The van der Waals surface area contributed by atoms with Crippen LogP contribution in [0.5, 0.6) is 5.75 Å². The molecule has 0 aromatic heterocycles. The summed E-state index contributed by atoms with van der Waals surface area (Å²) < 4.78 is 5.29. The Morgan fingerprint density at radius 3 is 2.41 bits per heavy atom. The number of hydrogen-bond donors (Lipinski definition) is 2. The van der Waals surface area contributed by atoms with Crippen LogP contribution in [0.15, 0.2) is 12.1 Å². The Bertz CT molecular complexity index is 594. The van der Waals surface area contributed by atoms with Crippen molar-refractivity contribution in [3.63, 3.8) is 0 Å². The van der Waals surface area contributed by atoms with Gasteiger partial charge in [-0.15, -0.1) is 0 Å². The highest BCUT2D eigenvalue weighted by molar-refractivity contribution is 6.32. The number of benzene rings is 1. The fraction of sp³-hybridized carbons (Fsp3) is 0.500. The van der Waals surface area contributed by atoms with Gasteiger partial charge in [-0.2, -0.15) is 0 Å². The second-order valence-corrected chi connectivity index (χ2v) is 6.04. The number of aliphatic carboxylic acids is 1. The fourth-order valence-corrected chi connectivity index (χ4v) is 3.56. The van der Waals surface area contributed by atoms with Gasteiger partial charge in [0, 0.05) is 17.5 Å². The van der Waals surface area contributed by atoms with E-state index in [1.165, 1.54) is 14.0 Å². The molecule has 120 valence electrons. The van der Waals surface area contributed by atoms with Crippen molar-refractivity contribution in [3.05, 3.63) is 22.7 Å². The molecule has 22 heavy (non-hydrogen) atoms. The maximum Gasteiger partial charge on any atom is 0.314 e. The predicted molar refractivity (Wildman–Crippen MR) is 84.7 cm³/mol. The summed E-state index contributed by atoms with van der Waals surface area (Å²) in [4.78, 5) is 23.6. The lowest BCUT2D eigenvalue weighted by Crippen LogP contribution is -2.39. The van der Waals surface area contributed by atoms with E-state index in [1.54, 1.807) is 12.1 Å². The van der Waals surface area contributed by atoms with Gasteiger partial charge in [0.05, 0.1) is 18.2 Å². The third-order valence-electron chi connectivity index (χ3n) is 4.23. The minimum absolute atomic E-state index is 0.293. The van der Waals surface area contributed by atoms with Crippen molar-refractivity contribution >= 4 is 29.2 Å². The summed E-state index contributed by atoms with van der Waals surface area (Å²) in [5, 5.41) is 12.9. The predicted octanol–water partition coefficient (Wildman–Crippen LogP) is 3.59. The van der Waals surface area contributed by atoms with E-state index in [4.69, 9.17) is 16.3 Å². The largest absolute Gasteiger partial charge is 0.495 e. The van der Waals surface area contributed by atoms with Crippen LogP contribution in [0.4, 0.5) is 5.69 Å². The molecule has 0 bridgehead atoms. The number of carboxylic acids is 1. The molecule has 2 N–H and O–H groups in total. The Hall–Kier alpha value is -1.75. The van der Waals surface area contributed by atoms with Crippen molar-refractivity contribution in [2.75, 3.05) is 12.4 Å². The Morgan fingerprint density at radius 1 is 1.27 bits per heavy atom. The van der Waals surface area contributed by atoms with Crippen LogP contribution in [0.1, 0.15) is 44.6 Å². The highest BCUT2D eigenvalue weighted by Gasteiger charge is 2.45. The Balaban J connectivity index is 2.69. The number of amides is 1. The molecule has 0 heterocycles. The smallest absolute Gasteiger partial charge is 0.314 e. The molecule has 1 amide bonds. The van der Waals surface area contributed by atoms with E-state index in [0.717, 1.165) is 19.3 Å². The highest BCUT2D eigenvalue weighted by atomic mass is 35.5. The van der Waals surface area contributed by atoms with Crippen molar-refractivity contribution in [3.8, 4) is 5.75 Å². The average molecular weight is 326 g/mol. The third kappa shape index (κ3) is 2.90. The number of carbonyl (C=O) groups excluding carboxylic acids is 1. The summed E-state index contributed by atoms with van der Waals surface area (Å²) in [6, 6.07) is 3.26. The van der Waals surface area contributed by atoms with Crippen LogP contribution < -0.4 is 10.1 Å². The monoisotopic (exact) mass is 325 g/mol. The van der Waals surface area contributed by atoms with E-state index in [2.05, 4.69) is 5.32 Å². The van der Waals surface area contributed by atoms with Gasteiger partial charge in [0.25, 0.3) is 0 Å². The zero-order valence-corrected chi connectivity index (χ0v) is 13.5. The first-order chi connectivity index (χ1) is 10.4. The fourth-order valence-electron chi connectivity index (χ4n) is 3.22. The topological polar surface area (TPSA) is 75.6 Å². The molecule has 1 aromatic carbocycles. The Morgan fingerprint density at radius 2 is 1.91 bits per heavy atom. The van der Waals surface area contributed by atoms with Crippen LogP contribution in [0.3, 0.4) is 0 Å². The van der Waals surface area contributed by atoms with Crippen LogP contribution in [-0.2, 0) is 15.0 Å². The van der Waals surface area contributed by atoms with Crippen molar-refractivity contribution in [1.82, 2.24) is 0 Å². The van der Waals surface area contributed by atoms with Crippen LogP contribution in [0.25, 0.3) is 0 Å². The van der Waals surface area contributed by atoms with E-state index < -0.39 is 11.4 Å². The summed E-state index contributed by atoms with van der Waals surface area (Å²) in [6.45, 7) is 1.37. The molecule has 1 aromatic rings. The van der Waals surface area contributed by atoms with Gasteiger partial charge in [0.15, 0.2) is 0 Å². The van der Waals surface area contributed by atoms with Gasteiger partial charge in [-0.1, -0.05) is 30.9 Å². The van der Waals surface area contributed by atoms with Crippen LogP contribution in [0, 0.1) is 0 Å². The van der Waals surface area contributed by atoms with Gasteiger partial charge in [0.1, 0.15) is 5.75 Å². The van der Waals surface area contributed by atoms with E-state index >= 15 is 0 Å². The molecular weight excluding hydrogens is 306 g/mol. The van der Waals surface area contributed by atoms with Gasteiger partial charge in [0.2, 0.25) is 5.91 Å². The molecule has 0 radical (unpaired) electrons. The van der Waals surface area contributed by atoms with E-state index in [0.29, 0.717) is 34.9 Å². The lowest BCUT2D eigenvalue weighted by Gasteiger charge is -2.36. The first-order valence-corrected chi connectivity index (χ1v) is 7.68. The number of ether oxygens (including phenoxy) is 1. The van der Waals surface area contributed by atoms with Crippen molar-refractivity contribution in [2.24, 2.45) is 0 Å². The molecule has 0 spiro atoms. The standard InChI is InChI=1S/C16H20ClNO4/c1-10(19)18-14-12(22-2)7-6-11(17)13(14)16(15(20)21)8-4-3-5-9-16/h6-7H,3-5,8-9H2,1-2H3,(H,18,19)(H,20,21). The zero-order chi connectivity index (χ0) is 16.3. The lowest BCUT2D eigenvalue weighted by molar-refractivity contribution is -0.145. The summed E-state index contributed by atoms with van der Waals surface area (Å²) in [5.74, 6) is -0.784. The molecule has 1 aliphatic carbocycles. The van der Waals surface area contributed by atoms with Crippen molar-refractivity contribution in [2.45, 2.75) is 44.4 Å². The van der Waals surface area contributed by atoms with Crippen molar-refractivity contribution < 1.29 is 19.4 Å². The number of carboxylic acid groups (broad SMARTS) is 1. The summed E-state index contributed by atoms with van der Waals surface area (Å²) >= 11 is 6.34. The third-order valence-corrected chi connectivity index (χ3v) is 4.55.